The fourth-order valence-corrected chi connectivity index (χ4v) is 6.89. The van der Waals surface area contributed by atoms with Crippen molar-refractivity contribution in [2.24, 2.45) is 35.5 Å². The predicted molar refractivity (Wildman–Crippen MR) is 134 cm³/mol. The minimum absolute atomic E-state index is 0.0567. The zero-order valence-corrected chi connectivity index (χ0v) is 20.9. The molecule has 4 rings (SSSR count). The number of esters is 1. The van der Waals surface area contributed by atoms with Gasteiger partial charge in [-0.25, -0.2) is 4.39 Å². The summed E-state index contributed by atoms with van der Waals surface area (Å²) in [5, 5.41) is 0. The minimum Gasteiger partial charge on any atom is -0.486 e. The first-order valence-electron chi connectivity index (χ1n) is 13.5. The lowest BCUT2D eigenvalue weighted by molar-refractivity contribution is -0.144. The van der Waals surface area contributed by atoms with E-state index in [9.17, 15) is 9.18 Å². The van der Waals surface area contributed by atoms with Gasteiger partial charge in [-0.3, -0.25) is 4.79 Å². The van der Waals surface area contributed by atoms with Gasteiger partial charge < -0.3 is 9.47 Å². The summed E-state index contributed by atoms with van der Waals surface area (Å²) in [6.07, 6.45) is 20.6. The van der Waals surface area contributed by atoms with Crippen LogP contribution in [0.25, 0.3) is 0 Å². The van der Waals surface area contributed by atoms with E-state index in [4.69, 9.17) is 9.47 Å². The monoisotopic (exact) mass is 468 g/mol. The molecule has 0 heterocycles. The minimum atomic E-state index is -0.499. The molecule has 3 fully saturated rings. The Morgan fingerprint density at radius 3 is 2.50 bits per heavy atom. The van der Waals surface area contributed by atoms with E-state index in [1.807, 2.05) is 19.1 Å². The molecule has 0 spiro atoms. The lowest BCUT2D eigenvalue weighted by Crippen LogP contribution is -2.40. The van der Waals surface area contributed by atoms with Crippen molar-refractivity contribution in [3.63, 3.8) is 0 Å². The van der Waals surface area contributed by atoms with Crippen molar-refractivity contribution in [3.05, 3.63) is 48.3 Å². The number of ether oxygens (including phenoxy) is 2. The molecule has 1 aromatic carbocycles. The van der Waals surface area contributed by atoms with Crippen LogP contribution in [0.1, 0.15) is 78.1 Å². The number of fused-ring (bicyclic) bond motifs is 1. The Morgan fingerprint density at radius 1 is 0.971 bits per heavy atom. The summed E-state index contributed by atoms with van der Waals surface area (Å²) in [6.45, 7) is 4.33. The lowest BCUT2D eigenvalue weighted by atomic mass is 9.59. The van der Waals surface area contributed by atoms with Crippen LogP contribution < -0.4 is 9.47 Å². The molecule has 34 heavy (non-hydrogen) atoms. The molecular weight excluding hydrogens is 427 g/mol. The average molecular weight is 469 g/mol. The molecule has 0 amide bonds. The second kappa shape index (κ2) is 12.0. The molecule has 0 saturated heterocycles. The van der Waals surface area contributed by atoms with E-state index < -0.39 is 5.82 Å². The summed E-state index contributed by atoms with van der Waals surface area (Å²) in [6, 6.07) is 4.44. The highest BCUT2D eigenvalue weighted by Gasteiger charge is 2.43. The molecule has 4 atom stereocenters. The molecule has 3 nitrogen and oxygen atoms in total. The molecule has 3 saturated carbocycles. The SMILES string of the molecule is C/C=C/COc1ccc(OC(=O)C2CCCC3CC(C4CCC(/C=C/C)CC4)CCC32)cc1F. The Labute approximate surface area is 204 Å². The van der Waals surface area contributed by atoms with Gasteiger partial charge in [0.2, 0.25) is 0 Å². The fourth-order valence-electron chi connectivity index (χ4n) is 6.89. The van der Waals surface area contributed by atoms with Crippen molar-refractivity contribution in [2.45, 2.75) is 78.1 Å². The average Bonchev–Trinajstić information content (AvgIpc) is 2.85. The summed E-state index contributed by atoms with van der Waals surface area (Å²) in [4.78, 5) is 13.1. The molecule has 0 radical (unpaired) electrons. The highest BCUT2D eigenvalue weighted by Crippen LogP contribution is 2.50. The van der Waals surface area contributed by atoms with Gasteiger partial charge in [0.1, 0.15) is 12.4 Å². The van der Waals surface area contributed by atoms with E-state index in [0.29, 0.717) is 18.4 Å². The van der Waals surface area contributed by atoms with Crippen LogP contribution in [0.3, 0.4) is 0 Å². The van der Waals surface area contributed by atoms with Crippen LogP contribution in [0.5, 0.6) is 11.5 Å². The van der Waals surface area contributed by atoms with Crippen molar-refractivity contribution >= 4 is 5.97 Å². The van der Waals surface area contributed by atoms with Crippen molar-refractivity contribution in [1.82, 2.24) is 0 Å². The molecule has 3 aliphatic carbocycles. The topological polar surface area (TPSA) is 35.5 Å². The molecular formula is C30H41FO3. The zero-order valence-electron chi connectivity index (χ0n) is 20.9. The van der Waals surface area contributed by atoms with Gasteiger partial charge in [-0.15, -0.1) is 0 Å². The number of hydrogen-bond acceptors (Lipinski definition) is 3. The fraction of sp³-hybridized carbons (Fsp3) is 0.633. The molecule has 0 aliphatic heterocycles. The Balaban J connectivity index is 1.32. The van der Waals surface area contributed by atoms with E-state index in [0.717, 1.165) is 37.0 Å². The first-order valence-corrected chi connectivity index (χ1v) is 13.5. The van der Waals surface area contributed by atoms with E-state index in [2.05, 4.69) is 19.1 Å². The number of halogens is 1. The summed E-state index contributed by atoms with van der Waals surface area (Å²) in [7, 11) is 0. The summed E-state index contributed by atoms with van der Waals surface area (Å²) in [5.41, 5.74) is 0. The highest BCUT2D eigenvalue weighted by atomic mass is 19.1. The van der Waals surface area contributed by atoms with Crippen LogP contribution in [0.2, 0.25) is 0 Å². The van der Waals surface area contributed by atoms with Gasteiger partial charge in [-0.1, -0.05) is 37.1 Å². The number of carbonyl (C=O) groups is 1. The summed E-state index contributed by atoms with van der Waals surface area (Å²) < 4.78 is 25.5. The van der Waals surface area contributed by atoms with E-state index in [1.165, 1.54) is 51.0 Å². The number of carbonyl (C=O) groups excluding carboxylic acids is 1. The van der Waals surface area contributed by atoms with Gasteiger partial charge >= 0.3 is 5.97 Å². The third kappa shape index (κ3) is 6.12. The van der Waals surface area contributed by atoms with Crippen LogP contribution in [-0.2, 0) is 4.79 Å². The van der Waals surface area contributed by atoms with E-state index >= 15 is 0 Å². The first kappa shape index (κ1) is 25.0. The van der Waals surface area contributed by atoms with Gasteiger partial charge in [0.05, 0.1) is 5.92 Å². The van der Waals surface area contributed by atoms with Gasteiger partial charge in [-0.05, 0) is 107 Å². The van der Waals surface area contributed by atoms with Crippen molar-refractivity contribution < 1.29 is 18.7 Å². The number of allylic oxidation sites excluding steroid dienone is 3. The molecule has 0 N–H and O–H groups in total. The third-order valence-electron chi connectivity index (χ3n) is 8.63. The van der Waals surface area contributed by atoms with Gasteiger partial charge in [0.25, 0.3) is 0 Å². The quantitative estimate of drug-likeness (QED) is 0.232. The zero-order chi connectivity index (χ0) is 23.9. The first-order chi connectivity index (χ1) is 16.6. The Morgan fingerprint density at radius 2 is 1.76 bits per heavy atom. The molecule has 186 valence electrons. The predicted octanol–water partition coefficient (Wildman–Crippen LogP) is 7.90. The molecule has 4 heteroatoms. The number of hydrogen-bond donors (Lipinski definition) is 0. The Hall–Kier alpha value is -2.10. The second-order valence-electron chi connectivity index (χ2n) is 10.6. The van der Waals surface area contributed by atoms with Gasteiger partial charge in [0.15, 0.2) is 11.6 Å². The van der Waals surface area contributed by atoms with Gasteiger partial charge in [0, 0.05) is 6.07 Å². The third-order valence-corrected chi connectivity index (χ3v) is 8.63. The maximum Gasteiger partial charge on any atom is 0.314 e. The van der Waals surface area contributed by atoms with Crippen LogP contribution >= 0.6 is 0 Å². The van der Waals surface area contributed by atoms with Crippen LogP contribution in [0.15, 0.2) is 42.5 Å². The lowest BCUT2D eigenvalue weighted by Gasteiger charge is -2.45. The number of rotatable bonds is 7. The Kier molecular flexibility index (Phi) is 8.86. The van der Waals surface area contributed by atoms with Crippen LogP contribution in [0.4, 0.5) is 4.39 Å². The maximum absolute atomic E-state index is 14.4. The Bertz CT molecular complexity index is 868. The van der Waals surface area contributed by atoms with Crippen molar-refractivity contribution in [3.8, 4) is 11.5 Å². The van der Waals surface area contributed by atoms with Crippen molar-refractivity contribution in [2.75, 3.05) is 6.61 Å². The van der Waals surface area contributed by atoms with Crippen LogP contribution in [-0.4, -0.2) is 12.6 Å². The highest BCUT2D eigenvalue weighted by molar-refractivity contribution is 5.75. The maximum atomic E-state index is 14.4. The normalized spacial score (nSPS) is 32.0. The molecule has 1 aromatic rings. The summed E-state index contributed by atoms with van der Waals surface area (Å²) >= 11 is 0. The van der Waals surface area contributed by atoms with Crippen molar-refractivity contribution in [1.29, 1.82) is 0 Å². The standard InChI is InChI=1S/C30H41FO3/c1-3-5-18-33-29-17-15-25(20-28(29)31)34-30(32)27-9-6-8-24-19-23(14-16-26(24)27)22-12-10-21(7-4-2)11-13-22/h3-5,7,15,17,20-24,26-27H,6,8-14,16,18-19H2,1-2H3/b5-3+,7-4+. The smallest absolute Gasteiger partial charge is 0.314 e. The molecule has 4 unspecified atom stereocenters. The van der Waals surface area contributed by atoms with Crippen LogP contribution in [0, 0.1) is 41.3 Å². The van der Waals surface area contributed by atoms with Gasteiger partial charge in [-0.2, -0.15) is 0 Å². The number of benzene rings is 1. The van der Waals surface area contributed by atoms with E-state index in [1.54, 1.807) is 12.1 Å². The second-order valence-corrected chi connectivity index (χ2v) is 10.6. The summed E-state index contributed by atoms with van der Waals surface area (Å²) in [5.74, 6) is 3.25. The largest absolute Gasteiger partial charge is 0.486 e. The molecule has 0 bridgehead atoms. The molecule has 0 aromatic heterocycles. The molecule has 3 aliphatic rings. The van der Waals surface area contributed by atoms with E-state index in [-0.39, 0.29) is 23.4 Å².